The summed E-state index contributed by atoms with van der Waals surface area (Å²) in [5.74, 6) is 2.40. The van der Waals surface area contributed by atoms with Crippen LogP contribution in [0.5, 0.6) is 11.5 Å². The highest BCUT2D eigenvalue weighted by atomic mass is 32.1. The molecule has 0 atom stereocenters. The number of aromatic nitrogens is 3. The average molecular weight is 487 g/mol. The summed E-state index contributed by atoms with van der Waals surface area (Å²) in [7, 11) is 1.63. The van der Waals surface area contributed by atoms with Crippen LogP contribution in [0.25, 0.3) is 22.5 Å². The monoisotopic (exact) mass is 486 g/mol. The highest BCUT2D eigenvalue weighted by Crippen LogP contribution is 2.30. The van der Waals surface area contributed by atoms with Crippen molar-refractivity contribution in [3.63, 3.8) is 0 Å². The Balaban J connectivity index is 1.17. The number of carbonyl (C=O) groups is 1. The lowest BCUT2D eigenvalue weighted by molar-refractivity contribution is -0.121. The van der Waals surface area contributed by atoms with Gasteiger partial charge >= 0.3 is 0 Å². The van der Waals surface area contributed by atoms with Crippen molar-refractivity contribution in [3.8, 4) is 34.0 Å². The van der Waals surface area contributed by atoms with Crippen LogP contribution in [0.15, 0.2) is 66.7 Å². The average Bonchev–Trinajstić information content (AvgIpc) is 3.52. The highest BCUT2D eigenvalue weighted by molar-refractivity contribution is 7.71. The molecule has 0 radical (unpaired) electrons. The second-order valence-electron chi connectivity index (χ2n) is 8.38. The second-order valence-corrected chi connectivity index (χ2v) is 8.76. The van der Waals surface area contributed by atoms with Crippen molar-refractivity contribution in [2.75, 3.05) is 13.7 Å². The molecule has 3 aromatic carbocycles. The maximum Gasteiger partial charge on any atom is 0.222 e. The van der Waals surface area contributed by atoms with Gasteiger partial charge < -0.3 is 14.8 Å². The van der Waals surface area contributed by atoms with Gasteiger partial charge in [0, 0.05) is 31.5 Å². The third-order valence-electron chi connectivity index (χ3n) is 6.14. The number of ether oxygens (including phenoxy) is 2. The first-order chi connectivity index (χ1) is 17.1. The van der Waals surface area contributed by atoms with Crippen molar-refractivity contribution in [1.29, 1.82) is 0 Å². The van der Waals surface area contributed by atoms with E-state index in [1.54, 1.807) is 7.11 Å². The fraction of sp³-hybridized carbons (Fsp3) is 0.222. The molecule has 0 unspecified atom stereocenters. The number of fused-ring (bicyclic) bond motifs is 1. The molecule has 1 aromatic heterocycles. The quantitative estimate of drug-likeness (QED) is 0.346. The van der Waals surface area contributed by atoms with Crippen molar-refractivity contribution in [1.82, 2.24) is 20.1 Å². The van der Waals surface area contributed by atoms with Gasteiger partial charge in [0.2, 0.25) is 5.91 Å². The molecule has 0 saturated heterocycles. The topological polar surface area (TPSA) is 81.2 Å². The Morgan fingerprint density at radius 3 is 2.60 bits per heavy atom. The van der Waals surface area contributed by atoms with Gasteiger partial charge in [0.15, 0.2) is 10.6 Å². The van der Waals surface area contributed by atoms with Crippen molar-refractivity contribution < 1.29 is 14.3 Å². The van der Waals surface area contributed by atoms with E-state index in [2.05, 4.69) is 39.8 Å². The molecule has 178 valence electrons. The molecule has 8 heteroatoms. The molecular formula is C27H26N4O3S. The number of hydrogen-bond donors (Lipinski definition) is 2. The Kier molecular flexibility index (Phi) is 6.63. The van der Waals surface area contributed by atoms with E-state index < -0.39 is 0 Å². The first-order valence-corrected chi connectivity index (χ1v) is 11.9. The van der Waals surface area contributed by atoms with Crippen LogP contribution >= 0.6 is 12.2 Å². The first kappa shape index (κ1) is 22.9. The largest absolute Gasteiger partial charge is 0.497 e. The molecule has 7 nitrogen and oxygen atoms in total. The summed E-state index contributed by atoms with van der Waals surface area (Å²) >= 11 is 5.37. The zero-order valence-corrected chi connectivity index (χ0v) is 20.2. The minimum atomic E-state index is -0.0449. The fourth-order valence-electron chi connectivity index (χ4n) is 4.17. The predicted octanol–water partition coefficient (Wildman–Crippen LogP) is 4.92. The van der Waals surface area contributed by atoms with E-state index in [-0.39, 0.29) is 5.91 Å². The van der Waals surface area contributed by atoms with Crippen molar-refractivity contribution in [2.45, 2.75) is 25.9 Å². The summed E-state index contributed by atoms with van der Waals surface area (Å²) in [6.07, 6.45) is 1.26. The highest BCUT2D eigenvalue weighted by Gasteiger charge is 2.13. The summed E-state index contributed by atoms with van der Waals surface area (Å²) in [6.45, 7) is 1.66. The van der Waals surface area contributed by atoms with Crippen LogP contribution in [0.4, 0.5) is 0 Å². The van der Waals surface area contributed by atoms with Gasteiger partial charge in [0.1, 0.15) is 11.5 Å². The Bertz CT molecular complexity index is 1390. The number of carbonyl (C=O) groups excluding carboxylic acids is 1. The molecule has 2 heterocycles. The number of aromatic amines is 1. The first-order valence-electron chi connectivity index (χ1n) is 11.5. The number of hydrogen-bond acceptors (Lipinski definition) is 5. The molecular weight excluding hydrogens is 460 g/mol. The van der Waals surface area contributed by atoms with Crippen molar-refractivity contribution >= 4 is 18.1 Å². The fourth-order valence-corrected chi connectivity index (χ4v) is 4.39. The van der Waals surface area contributed by atoms with Crippen LogP contribution in [-0.2, 0) is 24.3 Å². The number of rotatable bonds is 8. The summed E-state index contributed by atoms with van der Waals surface area (Å²) < 4.78 is 13.1. The molecule has 0 spiro atoms. The Morgan fingerprint density at radius 1 is 1.09 bits per heavy atom. The number of nitrogens with one attached hydrogen (secondary N) is 2. The Labute approximate surface area is 208 Å². The number of amides is 1. The summed E-state index contributed by atoms with van der Waals surface area (Å²) in [5, 5.41) is 10.2. The van der Waals surface area contributed by atoms with Gasteiger partial charge in [0.05, 0.1) is 13.7 Å². The molecule has 0 saturated carbocycles. The number of methoxy groups -OCH3 is 1. The normalized spacial score (nSPS) is 12.1. The predicted molar refractivity (Wildman–Crippen MR) is 137 cm³/mol. The van der Waals surface area contributed by atoms with Crippen LogP contribution in [0.1, 0.15) is 17.5 Å². The van der Waals surface area contributed by atoms with E-state index in [0.717, 1.165) is 41.2 Å². The van der Waals surface area contributed by atoms with Crippen LogP contribution in [0, 0.1) is 4.77 Å². The van der Waals surface area contributed by atoms with Crippen LogP contribution in [-0.4, -0.2) is 34.4 Å². The molecule has 0 aliphatic carbocycles. The minimum absolute atomic E-state index is 0.0449. The van der Waals surface area contributed by atoms with E-state index in [4.69, 9.17) is 21.7 Å². The summed E-state index contributed by atoms with van der Waals surface area (Å²) in [5.41, 5.74) is 5.52. The minimum Gasteiger partial charge on any atom is -0.497 e. The maximum absolute atomic E-state index is 12.5. The van der Waals surface area contributed by atoms with E-state index in [9.17, 15) is 4.79 Å². The number of H-pyrrole nitrogens is 1. The van der Waals surface area contributed by atoms with Crippen LogP contribution in [0.3, 0.4) is 0 Å². The number of nitrogens with zero attached hydrogens (tertiary/aromatic N) is 2. The zero-order chi connectivity index (χ0) is 24.2. The lowest BCUT2D eigenvalue weighted by atomic mass is 10.0. The zero-order valence-electron chi connectivity index (χ0n) is 19.4. The Morgan fingerprint density at radius 2 is 1.83 bits per heavy atom. The van der Waals surface area contributed by atoms with E-state index in [1.807, 2.05) is 47.0 Å². The van der Waals surface area contributed by atoms with E-state index in [1.165, 1.54) is 11.1 Å². The lowest BCUT2D eigenvalue weighted by Gasteiger charge is -2.09. The van der Waals surface area contributed by atoms with Gasteiger partial charge in [0.25, 0.3) is 0 Å². The SMILES string of the molecule is COc1ccc(-c2n[nH]c(=S)n2CCC(=O)NCc2ccc(-c3ccc4c(c3)CCO4)cc2)cc1. The van der Waals surface area contributed by atoms with Crippen LogP contribution in [0.2, 0.25) is 0 Å². The molecule has 1 aliphatic heterocycles. The van der Waals surface area contributed by atoms with Gasteiger partial charge in [-0.15, -0.1) is 0 Å². The van der Waals surface area contributed by atoms with Crippen molar-refractivity contribution in [3.05, 3.63) is 82.6 Å². The molecule has 1 aliphatic rings. The molecule has 0 bridgehead atoms. The Hall–Kier alpha value is -3.91. The molecule has 1 amide bonds. The third kappa shape index (κ3) is 5.12. The molecule has 5 rings (SSSR count). The smallest absolute Gasteiger partial charge is 0.222 e. The van der Waals surface area contributed by atoms with Gasteiger partial charge in [-0.1, -0.05) is 30.3 Å². The van der Waals surface area contributed by atoms with Gasteiger partial charge in [-0.05, 0) is 70.9 Å². The van der Waals surface area contributed by atoms with Gasteiger partial charge in [-0.3, -0.25) is 14.5 Å². The molecule has 35 heavy (non-hydrogen) atoms. The molecule has 0 fully saturated rings. The van der Waals surface area contributed by atoms with Crippen LogP contribution < -0.4 is 14.8 Å². The van der Waals surface area contributed by atoms with Gasteiger partial charge in [-0.2, -0.15) is 5.10 Å². The van der Waals surface area contributed by atoms with Gasteiger partial charge in [-0.25, -0.2) is 0 Å². The second kappa shape index (κ2) is 10.1. The number of benzene rings is 3. The maximum atomic E-state index is 12.5. The van der Waals surface area contributed by atoms with E-state index >= 15 is 0 Å². The molecule has 2 N–H and O–H groups in total. The van der Waals surface area contributed by atoms with Crippen molar-refractivity contribution in [2.24, 2.45) is 0 Å². The summed E-state index contributed by atoms with van der Waals surface area (Å²) in [6, 6.07) is 22.2. The molecule has 4 aromatic rings. The van der Waals surface area contributed by atoms with E-state index in [0.29, 0.717) is 30.1 Å². The third-order valence-corrected chi connectivity index (χ3v) is 6.45. The standard InChI is InChI=1S/C27H26N4O3S/c1-33-23-9-6-20(7-10-23)26-29-30-27(35)31(26)14-12-25(32)28-17-18-2-4-19(5-3-18)21-8-11-24-22(16-21)13-15-34-24/h2-11,16H,12-15,17H2,1H3,(H,28,32)(H,30,35). The summed E-state index contributed by atoms with van der Waals surface area (Å²) in [4.78, 5) is 12.5. The lowest BCUT2D eigenvalue weighted by Crippen LogP contribution is -2.24.